The smallest absolute Gasteiger partial charge is 0.182 e. The highest BCUT2D eigenvalue weighted by molar-refractivity contribution is 7.18. The maximum atomic E-state index is 4.92. The molecule has 1 aromatic carbocycles. The summed E-state index contributed by atoms with van der Waals surface area (Å²) in [6.45, 7) is 0. The van der Waals surface area contributed by atoms with E-state index in [-0.39, 0.29) is 0 Å². The number of benzene rings is 1. The van der Waals surface area contributed by atoms with Crippen LogP contribution in [0.4, 0.5) is 0 Å². The molecule has 0 saturated carbocycles. The minimum atomic E-state index is 0.723. The van der Waals surface area contributed by atoms with Gasteiger partial charge in [0, 0.05) is 0 Å². The van der Waals surface area contributed by atoms with Crippen molar-refractivity contribution in [2.75, 3.05) is 0 Å². The molecule has 0 saturated heterocycles. The van der Waals surface area contributed by atoms with Crippen LogP contribution < -0.4 is 0 Å². The van der Waals surface area contributed by atoms with Gasteiger partial charge in [-0.05, 0) is 12.1 Å². The van der Waals surface area contributed by atoms with Gasteiger partial charge in [-0.1, -0.05) is 23.5 Å². The predicted molar refractivity (Wildman–Crippen MR) is 40.2 cm³/mol. The standard InChI is InChI=1S/C7H5ClNS/c8-7-9-5-3-1-2-4-6(5)10-7/h1-4,8H/q+1. The Kier molecular flexibility index (Phi) is 1.36. The largest absolute Gasteiger partial charge is 0.376 e. The van der Waals surface area contributed by atoms with Crippen LogP contribution in [0.2, 0.25) is 4.47 Å². The lowest BCUT2D eigenvalue weighted by Crippen LogP contribution is -1.64. The minimum Gasteiger partial charge on any atom is -0.182 e. The van der Waals surface area contributed by atoms with Gasteiger partial charge in [0.15, 0.2) is 11.6 Å². The molecule has 3 heteroatoms. The van der Waals surface area contributed by atoms with Gasteiger partial charge in [0.05, 0.1) is 10.2 Å². The summed E-state index contributed by atoms with van der Waals surface area (Å²) in [5.41, 5.74) is 1.01. The summed E-state index contributed by atoms with van der Waals surface area (Å²) < 4.78 is 1.90. The van der Waals surface area contributed by atoms with E-state index in [0.717, 1.165) is 9.98 Å². The Labute approximate surface area is 67.3 Å². The van der Waals surface area contributed by atoms with E-state index in [1.807, 2.05) is 24.3 Å². The highest BCUT2D eigenvalue weighted by atomic mass is 35.5. The van der Waals surface area contributed by atoms with E-state index in [9.17, 15) is 0 Å². The first-order valence-corrected chi connectivity index (χ1v) is 4.11. The topological polar surface area (TPSA) is 12.9 Å². The number of para-hydroxylation sites is 1. The van der Waals surface area contributed by atoms with Gasteiger partial charge in [-0.25, -0.2) is 0 Å². The van der Waals surface area contributed by atoms with Crippen molar-refractivity contribution in [1.29, 1.82) is 0 Å². The zero-order chi connectivity index (χ0) is 6.97. The van der Waals surface area contributed by atoms with Gasteiger partial charge in [0.2, 0.25) is 0 Å². The minimum absolute atomic E-state index is 0.723. The molecule has 0 unspecified atom stereocenters. The first kappa shape index (κ1) is 6.13. The number of halogens is 1. The number of rotatable bonds is 0. The fourth-order valence-electron chi connectivity index (χ4n) is 0.851. The van der Waals surface area contributed by atoms with Crippen LogP contribution in [-0.2, 0) is 0 Å². The number of nitrogens with zero attached hydrogens (tertiary/aromatic N) is 1. The zero-order valence-electron chi connectivity index (χ0n) is 5.07. The van der Waals surface area contributed by atoms with E-state index in [0.29, 0.717) is 0 Å². The van der Waals surface area contributed by atoms with E-state index in [2.05, 4.69) is 4.98 Å². The fourth-order valence-corrected chi connectivity index (χ4v) is 1.92. The van der Waals surface area contributed by atoms with Crippen LogP contribution in [0.15, 0.2) is 24.3 Å². The molecule has 0 aliphatic carbocycles. The maximum Gasteiger partial charge on any atom is 0.376 e. The highest BCUT2D eigenvalue weighted by Gasteiger charge is 2.03. The number of hydrogen-bond donors (Lipinski definition) is 0. The van der Waals surface area contributed by atoms with Crippen LogP contribution in [0.25, 0.3) is 10.2 Å². The molecule has 10 heavy (non-hydrogen) atoms. The van der Waals surface area contributed by atoms with Gasteiger partial charge in [-0.3, -0.25) is 0 Å². The maximum absolute atomic E-state index is 4.92. The van der Waals surface area contributed by atoms with Crippen LogP contribution in [0.1, 0.15) is 0 Å². The third-order valence-corrected chi connectivity index (χ3v) is 2.45. The average molecular weight is 171 g/mol. The Morgan fingerprint density at radius 3 is 2.90 bits per heavy atom. The summed E-state index contributed by atoms with van der Waals surface area (Å²) in [5, 5.41) is 0. The molecule has 2 aromatic rings. The number of hydrogen-bond acceptors (Lipinski definition) is 2. The Bertz CT molecular complexity index is 322. The number of aromatic nitrogens is 1. The third-order valence-electron chi connectivity index (χ3n) is 1.27. The van der Waals surface area contributed by atoms with Crippen LogP contribution in [0.3, 0.4) is 0 Å². The summed E-state index contributed by atoms with van der Waals surface area (Å²) in [5.74, 6) is 0. The molecule has 0 aliphatic heterocycles. The zero-order valence-corrected chi connectivity index (χ0v) is 6.71. The Hall–Kier alpha value is -0.600. The van der Waals surface area contributed by atoms with Crippen molar-refractivity contribution in [2.45, 2.75) is 0 Å². The molecule has 2 rings (SSSR count). The van der Waals surface area contributed by atoms with Gasteiger partial charge in [-0.15, -0.1) is 0 Å². The molecule has 0 bridgehead atoms. The van der Waals surface area contributed by atoms with Crippen LogP contribution in [0, 0.1) is 11.6 Å². The van der Waals surface area contributed by atoms with Crippen molar-refractivity contribution in [3.05, 3.63) is 28.7 Å². The van der Waals surface area contributed by atoms with Crippen LogP contribution in [-0.4, -0.2) is 4.98 Å². The molecule has 0 atom stereocenters. The Morgan fingerprint density at radius 2 is 2.10 bits per heavy atom. The number of thiazole rings is 1. The quantitative estimate of drug-likeness (QED) is 0.590. The molecule has 50 valence electrons. The molecule has 0 aliphatic rings. The van der Waals surface area contributed by atoms with Gasteiger partial charge >= 0.3 is 4.47 Å². The normalized spacial score (nSPS) is 10.5. The number of fused-ring (bicyclic) bond motifs is 1. The molecule has 0 amide bonds. The van der Waals surface area contributed by atoms with Crippen LogP contribution >= 0.6 is 11.3 Å². The lowest BCUT2D eigenvalue weighted by Gasteiger charge is -1.79. The Morgan fingerprint density at radius 1 is 1.30 bits per heavy atom. The van der Waals surface area contributed by atoms with E-state index in [1.165, 1.54) is 4.70 Å². The fraction of sp³-hybridized carbons (Fsp3) is 0. The molecule has 0 N–H and O–H groups in total. The summed E-state index contributed by atoms with van der Waals surface area (Å²) >= 11 is 6.48. The monoisotopic (exact) mass is 170 g/mol. The van der Waals surface area contributed by atoms with Gasteiger partial charge in [0.1, 0.15) is 0 Å². The SMILES string of the molecule is [ClH+]c1nc2ccccc2s1. The molecule has 0 fully saturated rings. The molecule has 0 spiro atoms. The van der Waals surface area contributed by atoms with Gasteiger partial charge < -0.3 is 0 Å². The average Bonchev–Trinajstić information content (AvgIpc) is 2.27. The summed E-state index contributed by atoms with van der Waals surface area (Å²) in [7, 11) is 0. The Balaban J connectivity index is 2.88. The molecule has 1 heterocycles. The second-order valence-corrected chi connectivity index (χ2v) is 3.62. The van der Waals surface area contributed by atoms with Gasteiger partial charge in [-0.2, -0.15) is 4.98 Å². The highest BCUT2D eigenvalue weighted by Crippen LogP contribution is 2.21. The van der Waals surface area contributed by atoms with E-state index in [1.54, 1.807) is 11.3 Å². The lowest BCUT2D eigenvalue weighted by molar-refractivity contribution is -0.288. The van der Waals surface area contributed by atoms with E-state index < -0.39 is 0 Å². The van der Waals surface area contributed by atoms with Gasteiger partial charge in [0.25, 0.3) is 0 Å². The van der Waals surface area contributed by atoms with Crippen molar-refractivity contribution in [1.82, 2.24) is 4.98 Å². The first-order chi connectivity index (χ1) is 4.86. The van der Waals surface area contributed by atoms with Crippen molar-refractivity contribution in [3.63, 3.8) is 0 Å². The summed E-state index contributed by atoms with van der Waals surface area (Å²) in [6, 6.07) is 7.97. The van der Waals surface area contributed by atoms with Crippen LogP contribution in [0.5, 0.6) is 0 Å². The van der Waals surface area contributed by atoms with E-state index >= 15 is 0 Å². The molecule has 0 radical (unpaired) electrons. The molecule has 1 nitrogen and oxygen atoms in total. The summed E-state index contributed by atoms with van der Waals surface area (Å²) in [4.78, 5) is 4.15. The van der Waals surface area contributed by atoms with Crippen molar-refractivity contribution in [3.8, 4) is 0 Å². The molecular formula is C7H5ClNS+. The second-order valence-electron chi connectivity index (χ2n) is 1.95. The van der Waals surface area contributed by atoms with Crippen molar-refractivity contribution < 1.29 is 11.6 Å². The second kappa shape index (κ2) is 2.22. The van der Waals surface area contributed by atoms with Crippen molar-refractivity contribution >= 4 is 21.6 Å². The molecule has 1 aromatic heterocycles. The van der Waals surface area contributed by atoms with E-state index in [4.69, 9.17) is 11.6 Å². The third kappa shape index (κ3) is 0.895. The lowest BCUT2D eigenvalue weighted by atomic mass is 10.3. The predicted octanol–water partition coefficient (Wildman–Crippen LogP) is 1.99. The van der Waals surface area contributed by atoms with Crippen molar-refractivity contribution in [2.24, 2.45) is 0 Å². The molecular weight excluding hydrogens is 166 g/mol. The first-order valence-electron chi connectivity index (χ1n) is 2.89. The summed E-state index contributed by atoms with van der Waals surface area (Å²) in [6.07, 6.45) is 0.